The fraction of sp³-hybridized carbons (Fsp3) is 0.333. The van der Waals surface area contributed by atoms with E-state index in [9.17, 15) is 14.0 Å². The molecular weight excluding hydrogens is 395 g/mol. The predicted octanol–water partition coefficient (Wildman–Crippen LogP) is 2.96. The molecule has 1 saturated heterocycles. The molecule has 1 N–H and O–H groups in total. The van der Waals surface area contributed by atoms with Crippen LogP contribution in [0.4, 0.5) is 10.1 Å². The highest BCUT2D eigenvalue weighted by atomic mass is 32.2. The number of carbonyl (C=O) groups excluding carboxylic acids is 2. The number of halogens is 1. The van der Waals surface area contributed by atoms with Crippen LogP contribution in [0.25, 0.3) is 0 Å². The number of fused-ring (bicyclic) bond motifs is 1. The van der Waals surface area contributed by atoms with Gasteiger partial charge in [-0.05, 0) is 30.0 Å². The maximum Gasteiger partial charge on any atom is 0.257 e. The Morgan fingerprint density at radius 3 is 2.79 bits per heavy atom. The first-order valence-corrected chi connectivity index (χ1v) is 10.5. The van der Waals surface area contributed by atoms with Crippen LogP contribution in [0, 0.1) is 5.82 Å². The zero-order valence-electron chi connectivity index (χ0n) is 15.9. The number of Topliss-reactive ketones (excluding diaryl/α,β-unsaturated/α-hetero) is 1. The molecule has 4 rings (SSSR count). The molecule has 0 atom stereocenters. The fourth-order valence-corrected chi connectivity index (χ4v) is 3.60. The van der Waals surface area contributed by atoms with Gasteiger partial charge in [0.2, 0.25) is 0 Å². The van der Waals surface area contributed by atoms with Gasteiger partial charge in [0.1, 0.15) is 18.2 Å². The van der Waals surface area contributed by atoms with Crippen molar-refractivity contribution in [2.75, 3.05) is 37.8 Å². The summed E-state index contributed by atoms with van der Waals surface area (Å²) in [7, 11) is 0. The fourth-order valence-electron chi connectivity index (χ4n) is 3.20. The molecule has 2 aliphatic heterocycles. The monoisotopic (exact) mass is 416 g/mol. The van der Waals surface area contributed by atoms with E-state index in [0.29, 0.717) is 25.4 Å². The number of ketones is 1. The van der Waals surface area contributed by atoms with E-state index in [1.807, 2.05) is 30.5 Å². The summed E-state index contributed by atoms with van der Waals surface area (Å²) < 4.78 is 25.6. The van der Waals surface area contributed by atoms with E-state index in [1.54, 1.807) is 16.7 Å². The summed E-state index contributed by atoms with van der Waals surface area (Å²) in [5, 5.41) is 2.89. The average Bonchev–Trinajstić information content (AvgIpc) is 2.87. The number of hydrogen-bond donors (Lipinski definition) is 1. The molecule has 2 heterocycles. The highest BCUT2D eigenvalue weighted by molar-refractivity contribution is 7.98. The van der Waals surface area contributed by atoms with Crippen LogP contribution in [0.2, 0.25) is 0 Å². The lowest BCUT2D eigenvalue weighted by atomic mass is 10.1. The van der Waals surface area contributed by atoms with Gasteiger partial charge in [-0.2, -0.15) is 0 Å². The Hall–Kier alpha value is -2.58. The summed E-state index contributed by atoms with van der Waals surface area (Å²) in [5.74, 6) is -0.961. The SMILES string of the molecule is CSc1ccc(COC2CN(C(=O)c3cc4c(cc3F)OCC(=O)CN4)C2)cc1. The number of nitrogens with zero attached hydrogens (tertiary/aromatic N) is 1. The number of likely N-dealkylation sites (tertiary alicyclic amines) is 1. The van der Waals surface area contributed by atoms with Gasteiger partial charge in [0.25, 0.3) is 5.91 Å². The minimum absolute atomic E-state index is 0.0414. The zero-order chi connectivity index (χ0) is 20.4. The van der Waals surface area contributed by atoms with Gasteiger partial charge in [-0.25, -0.2) is 4.39 Å². The molecule has 29 heavy (non-hydrogen) atoms. The number of rotatable bonds is 5. The summed E-state index contributed by atoms with van der Waals surface area (Å²) in [5.41, 5.74) is 1.48. The van der Waals surface area contributed by atoms with Gasteiger partial charge in [-0.3, -0.25) is 9.59 Å². The van der Waals surface area contributed by atoms with Crippen molar-refractivity contribution in [3.8, 4) is 5.75 Å². The molecule has 152 valence electrons. The topological polar surface area (TPSA) is 67.9 Å². The molecule has 0 radical (unpaired) electrons. The normalized spacial score (nSPS) is 16.3. The second-order valence-corrected chi connectivity index (χ2v) is 7.88. The van der Waals surface area contributed by atoms with Gasteiger partial charge in [0.05, 0.1) is 30.5 Å². The van der Waals surface area contributed by atoms with Crippen LogP contribution in [0.5, 0.6) is 5.75 Å². The molecule has 0 aliphatic carbocycles. The second kappa shape index (κ2) is 8.42. The summed E-state index contributed by atoms with van der Waals surface area (Å²) in [6.07, 6.45) is 1.96. The van der Waals surface area contributed by atoms with Crippen LogP contribution in [0.1, 0.15) is 15.9 Å². The van der Waals surface area contributed by atoms with Crippen molar-refractivity contribution in [3.63, 3.8) is 0 Å². The van der Waals surface area contributed by atoms with Crippen molar-refractivity contribution in [2.45, 2.75) is 17.6 Å². The van der Waals surface area contributed by atoms with Crippen LogP contribution < -0.4 is 10.1 Å². The molecule has 2 aliphatic rings. The van der Waals surface area contributed by atoms with Crippen molar-refractivity contribution in [3.05, 3.63) is 53.3 Å². The van der Waals surface area contributed by atoms with Crippen molar-refractivity contribution in [1.82, 2.24) is 4.90 Å². The Morgan fingerprint density at radius 1 is 1.31 bits per heavy atom. The van der Waals surface area contributed by atoms with Crippen LogP contribution >= 0.6 is 11.8 Å². The number of hydrogen-bond acceptors (Lipinski definition) is 6. The van der Waals surface area contributed by atoms with Gasteiger partial charge in [0.15, 0.2) is 5.78 Å². The molecule has 1 amide bonds. The predicted molar refractivity (Wildman–Crippen MR) is 108 cm³/mol. The third-order valence-corrected chi connectivity index (χ3v) is 5.69. The Labute approximate surface area is 172 Å². The van der Waals surface area contributed by atoms with E-state index in [-0.39, 0.29) is 36.4 Å². The first-order valence-electron chi connectivity index (χ1n) is 9.29. The molecule has 0 bridgehead atoms. The van der Waals surface area contributed by atoms with E-state index in [2.05, 4.69) is 5.32 Å². The maximum atomic E-state index is 14.4. The number of nitrogens with one attached hydrogen (secondary N) is 1. The smallest absolute Gasteiger partial charge is 0.257 e. The van der Waals surface area contributed by atoms with Crippen LogP contribution in [0.15, 0.2) is 41.3 Å². The maximum absolute atomic E-state index is 14.4. The lowest BCUT2D eigenvalue weighted by Gasteiger charge is -2.39. The standard InChI is InChI=1S/C21H21FN2O4S/c1-29-16-4-2-13(3-5-16)11-27-15-9-24(10-15)21(26)17-6-19-20(7-18(17)22)28-12-14(25)8-23-19/h2-7,15,23H,8-12H2,1H3. The second-order valence-electron chi connectivity index (χ2n) is 7.00. The summed E-state index contributed by atoms with van der Waals surface area (Å²) >= 11 is 1.69. The number of benzene rings is 2. The average molecular weight is 416 g/mol. The lowest BCUT2D eigenvalue weighted by molar-refractivity contribution is -0.119. The van der Waals surface area contributed by atoms with Gasteiger partial charge in [0, 0.05) is 24.1 Å². The number of amides is 1. The molecule has 0 saturated carbocycles. The van der Waals surface area contributed by atoms with E-state index < -0.39 is 11.7 Å². The Bertz CT molecular complexity index is 929. The van der Waals surface area contributed by atoms with Gasteiger partial charge in [-0.1, -0.05) is 12.1 Å². The van der Waals surface area contributed by atoms with Crippen LogP contribution in [-0.2, 0) is 16.1 Å². The zero-order valence-corrected chi connectivity index (χ0v) is 16.8. The number of thioether (sulfide) groups is 1. The quantitative estimate of drug-likeness (QED) is 0.756. The molecule has 1 fully saturated rings. The first-order chi connectivity index (χ1) is 14.0. The number of ether oxygens (including phenoxy) is 2. The summed E-state index contributed by atoms with van der Waals surface area (Å²) in [4.78, 5) is 26.9. The molecule has 6 nitrogen and oxygen atoms in total. The van der Waals surface area contributed by atoms with E-state index in [0.717, 1.165) is 11.6 Å². The molecule has 2 aromatic carbocycles. The highest BCUT2D eigenvalue weighted by Gasteiger charge is 2.33. The van der Waals surface area contributed by atoms with E-state index in [1.165, 1.54) is 11.0 Å². The molecule has 2 aromatic rings. The summed E-state index contributed by atoms with van der Waals surface area (Å²) in [6, 6.07) is 10.7. The summed E-state index contributed by atoms with van der Waals surface area (Å²) in [6.45, 7) is 1.28. The van der Waals surface area contributed by atoms with Crippen molar-refractivity contribution < 1.29 is 23.5 Å². The molecular formula is C21H21FN2O4S. The largest absolute Gasteiger partial charge is 0.483 e. The van der Waals surface area contributed by atoms with Gasteiger partial charge < -0.3 is 19.7 Å². The van der Waals surface area contributed by atoms with Crippen LogP contribution in [-0.4, -0.2) is 55.2 Å². The third kappa shape index (κ3) is 4.38. The van der Waals surface area contributed by atoms with Crippen molar-refractivity contribution in [1.29, 1.82) is 0 Å². The lowest BCUT2D eigenvalue weighted by Crippen LogP contribution is -2.54. The molecule has 0 aromatic heterocycles. The Morgan fingerprint density at radius 2 is 2.07 bits per heavy atom. The minimum atomic E-state index is -0.664. The molecule has 0 spiro atoms. The number of anilines is 1. The Kier molecular flexibility index (Phi) is 5.73. The van der Waals surface area contributed by atoms with Gasteiger partial charge in [-0.15, -0.1) is 11.8 Å². The third-order valence-electron chi connectivity index (χ3n) is 4.94. The minimum Gasteiger partial charge on any atom is -0.483 e. The van der Waals surface area contributed by atoms with Crippen molar-refractivity contribution >= 4 is 29.1 Å². The molecule has 8 heteroatoms. The number of carbonyl (C=O) groups is 2. The van der Waals surface area contributed by atoms with Gasteiger partial charge >= 0.3 is 0 Å². The molecule has 0 unspecified atom stereocenters. The Balaban J connectivity index is 1.34. The van der Waals surface area contributed by atoms with Crippen LogP contribution in [0.3, 0.4) is 0 Å². The first kappa shape index (κ1) is 19.7. The van der Waals surface area contributed by atoms with E-state index >= 15 is 0 Å². The highest BCUT2D eigenvalue weighted by Crippen LogP contribution is 2.31. The van der Waals surface area contributed by atoms with Crippen molar-refractivity contribution in [2.24, 2.45) is 0 Å². The van der Waals surface area contributed by atoms with E-state index in [4.69, 9.17) is 9.47 Å².